The van der Waals surface area contributed by atoms with Crippen LogP contribution < -0.4 is 5.32 Å². The summed E-state index contributed by atoms with van der Waals surface area (Å²) in [5, 5.41) is 2.97. The molecule has 0 bridgehead atoms. The van der Waals surface area contributed by atoms with E-state index in [0.717, 1.165) is 19.5 Å². The standard InChI is InChI=1S/C13H28N2O/c1-5-6-7-8-9-14-13(16)11-15(4)10-12(2)3/h12H,5-11H2,1-4H3,(H,14,16). The fourth-order valence-corrected chi connectivity index (χ4v) is 1.77. The first-order valence-electron chi connectivity index (χ1n) is 6.51. The van der Waals surface area contributed by atoms with E-state index in [1.54, 1.807) is 0 Å². The fraction of sp³-hybridized carbons (Fsp3) is 0.923. The van der Waals surface area contributed by atoms with Crippen molar-refractivity contribution < 1.29 is 4.79 Å². The minimum absolute atomic E-state index is 0.152. The van der Waals surface area contributed by atoms with Crippen LogP contribution in [0.1, 0.15) is 46.5 Å². The third-order valence-corrected chi connectivity index (χ3v) is 2.44. The quantitative estimate of drug-likeness (QED) is 0.614. The van der Waals surface area contributed by atoms with Gasteiger partial charge in [-0.15, -0.1) is 0 Å². The van der Waals surface area contributed by atoms with Crippen LogP contribution in [0.3, 0.4) is 0 Å². The summed E-state index contributed by atoms with van der Waals surface area (Å²) in [6, 6.07) is 0. The lowest BCUT2D eigenvalue weighted by molar-refractivity contribution is -0.122. The van der Waals surface area contributed by atoms with Gasteiger partial charge in [-0.1, -0.05) is 40.0 Å². The first-order chi connectivity index (χ1) is 7.56. The van der Waals surface area contributed by atoms with Crippen molar-refractivity contribution in [2.45, 2.75) is 46.5 Å². The number of likely N-dealkylation sites (N-methyl/N-ethyl adjacent to an activating group) is 1. The van der Waals surface area contributed by atoms with Gasteiger partial charge in [0.2, 0.25) is 5.91 Å². The van der Waals surface area contributed by atoms with Gasteiger partial charge in [0.05, 0.1) is 6.54 Å². The van der Waals surface area contributed by atoms with Crippen molar-refractivity contribution in [3.63, 3.8) is 0 Å². The molecule has 1 amide bonds. The van der Waals surface area contributed by atoms with Gasteiger partial charge in [-0.05, 0) is 19.4 Å². The number of hydrogen-bond donors (Lipinski definition) is 1. The number of nitrogens with one attached hydrogen (secondary N) is 1. The maximum Gasteiger partial charge on any atom is 0.234 e. The van der Waals surface area contributed by atoms with Crippen LogP contribution in [0, 0.1) is 5.92 Å². The summed E-state index contributed by atoms with van der Waals surface area (Å²) in [5.41, 5.74) is 0. The highest BCUT2D eigenvalue weighted by molar-refractivity contribution is 5.77. The smallest absolute Gasteiger partial charge is 0.234 e. The molecule has 96 valence electrons. The lowest BCUT2D eigenvalue weighted by atomic mass is 10.2. The number of hydrogen-bond acceptors (Lipinski definition) is 2. The van der Waals surface area contributed by atoms with Crippen LogP contribution >= 0.6 is 0 Å². The molecule has 0 spiro atoms. The molecular formula is C13H28N2O. The summed E-state index contributed by atoms with van der Waals surface area (Å²) in [6.07, 6.45) is 4.83. The van der Waals surface area contributed by atoms with Crippen molar-refractivity contribution in [1.29, 1.82) is 0 Å². The molecule has 0 aliphatic heterocycles. The molecule has 3 nitrogen and oxygen atoms in total. The lowest BCUT2D eigenvalue weighted by Crippen LogP contribution is -2.37. The van der Waals surface area contributed by atoms with Gasteiger partial charge >= 0.3 is 0 Å². The zero-order valence-corrected chi connectivity index (χ0v) is 11.4. The molecule has 0 radical (unpaired) electrons. The highest BCUT2D eigenvalue weighted by atomic mass is 16.2. The molecule has 3 heteroatoms. The molecule has 0 aromatic heterocycles. The molecule has 0 atom stereocenters. The fourth-order valence-electron chi connectivity index (χ4n) is 1.77. The van der Waals surface area contributed by atoms with Gasteiger partial charge in [0.25, 0.3) is 0 Å². The van der Waals surface area contributed by atoms with Crippen molar-refractivity contribution in [3.05, 3.63) is 0 Å². The molecule has 0 aromatic carbocycles. The second kappa shape index (κ2) is 9.64. The first kappa shape index (κ1) is 15.4. The first-order valence-corrected chi connectivity index (χ1v) is 6.51. The van der Waals surface area contributed by atoms with Crippen molar-refractivity contribution >= 4 is 5.91 Å². The zero-order valence-electron chi connectivity index (χ0n) is 11.4. The van der Waals surface area contributed by atoms with E-state index in [2.05, 4.69) is 31.0 Å². The number of carbonyl (C=O) groups is 1. The Bertz CT molecular complexity index is 181. The summed E-state index contributed by atoms with van der Waals surface area (Å²) >= 11 is 0. The molecule has 16 heavy (non-hydrogen) atoms. The minimum atomic E-state index is 0.152. The summed E-state index contributed by atoms with van der Waals surface area (Å²) in [4.78, 5) is 13.6. The Hall–Kier alpha value is -0.570. The zero-order chi connectivity index (χ0) is 12.4. The van der Waals surface area contributed by atoms with Crippen LogP contribution in [0.25, 0.3) is 0 Å². The average molecular weight is 228 g/mol. The molecule has 0 saturated carbocycles. The predicted octanol–water partition coefficient (Wildman–Crippen LogP) is 2.27. The highest BCUT2D eigenvalue weighted by Gasteiger charge is 2.06. The molecule has 0 aliphatic carbocycles. The van der Waals surface area contributed by atoms with Crippen LogP contribution in [-0.2, 0) is 4.79 Å². The van der Waals surface area contributed by atoms with Gasteiger partial charge in [-0.2, -0.15) is 0 Å². The minimum Gasteiger partial charge on any atom is -0.355 e. The highest BCUT2D eigenvalue weighted by Crippen LogP contribution is 1.97. The normalized spacial score (nSPS) is 11.1. The van der Waals surface area contributed by atoms with Gasteiger partial charge in [0.1, 0.15) is 0 Å². The van der Waals surface area contributed by atoms with Crippen molar-refractivity contribution in [2.75, 3.05) is 26.7 Å². The number of nitrogens with zero attached hydrogens (tertiary/aromatic N) is 1. The maximum atomic E-state index is 11.5. The monoisotopic (exact) mass is 228 g/mol. The molecule has 0 saturated heterocycles. The van der Waals surface area contributed by atoms with Crippen molar-refractivity contribution in [1.82, 2.24) is 10.2 Å². The van der Waals surface area contributed by atoms with Gasteiger partial charge in [-0.3, -0.25) is 9.69 Å². The summed E-state index contributed by atoms with van der Waals surface area (Å²) in [6.45, 7) is 8.85. The molecule has 0 heterocycles. The van der Waals surface area contributed by atoms with Gasteiger partial charge < -0.3 is 5.32 Å². The number of amides is 1. The molecule has 1 N–H and O–H groups in total. The Morgan fingerprint density at radius 2 is 1.94 bits per heavy atom. The second-order valence-electron chi connectivity index (χ2n) is 5.00. The molecule has 0 aliphatic rings. The number of unbranched alkanes of at least 4 members (excludes halogenated alkanes) is 3. The number of carbonyl (C=O) groups excluding carboxylic acids is 1. The third-order valence-electron chi connectivity index (χ3n) is 2.44. The van der Waals surface area contributed by atoms with Crippen LogP contribution in [0.5, 0.6) is 0 Å². The van der Waals surface area contributed by atoms with E-state index in [1.807, 2.05) is 7.05 Å². The molecular weight excluding hydrogens is 200 g/mol. The van der Waals surface area contributed by atoms with Crippen LogP contribution in [0.4, 0.5) is 0 Å². The summed E-state index contributed by atoms with van der Waals surface area (Å²) in [7, 11) is 2.00. The second-order valence-corrected chi connectivity index (χ2v) is 5.00. The average Bonchev–Trinajstić information content (AvgIpc) is 2.15. The summed E-state index contributed by atoms with van der Waals surface area (Å²) in [5.74, 6) is 0.766. The lowest BCUT2D eigenvalue weighted by Gasteiger charge is -2.18. The Kier molecular flexibility index (Phi) is 9.30. The third kappa shape index (κ3) is 9.97. The molecule has 0 rings (SSSR count). The number of rotatable bonds is 9. The Morgan fingerprint density at radius 3 is 2.50 bits per heavy atom. The van der Waals surface area contributed by atoms with Crippen LogP contribution in [-0.4, -0.2) is 37.5 Å². The predicted molar refractivity (Wildman–Crippen MR) is 69.5 cm³/mol. The Balaban J connectivity index is 3.43. The van der Waals surface area contributed by atoms with Crippen LogP contribution in [0.15, 0.2) is 0 Å². The van der Waals surface area contributed by atoms with E-state index in [1.165, 1.54) is 19.3 Å². The van der Waals surface area contributed by atoms with Crippen molar-refractivity contribution in [3.8, 4) is 0 Å². The largest absolute Gasteiger partial charge is 0.355 e. The Morgan fingerprint density at radius 1 is 1.25 bits per heavy atom. The summed E-state index contributed by atoms with van der Waals surface area (Å²) < 4.78 is 0. The van der Waals surface area contributed by atoms with Crippen LogP contribution in [0.2, 0.25) is 0 Å². The Labute approximate surface area is 101 Å². The van der Waals surface area contributed by atoms with E-state index in [9.17, 15) is 4.79 Å². The molecule has 0 aromatic rings. The van der Waals surface area contributed by atoms with E-state index in [0.29, 0.717) is 12.5 Å². The van der Waals surface area contributed by atoms with Gasteiger partial charge in [0.15, 0.2) is 0 Å². The van der Waals surface area contributed by atoms with Gasteiger partial charge in [0, 0.05) is 13.1 Å². The van der Waals surface area contributed by atoms with E-state index < -0.39 is 0 Å². The van der Waals surface area contributed by atoms with E-state index in [-0.39, 0.29) is 5.91 Å². The molecule has 0 fully saturated rings. The van der Waals surface area contributed by atoms with Crippen molar-refractivity contribution in [2.24, 2.45) is 5.92 Å². The van der Waals surface area contributed by atoms with E-state index >= 15 is 0 Å². The SMILES string of the molecule is CCCCCCNC(=O)CN(C)CC(C)C. The van der Waals surface area contributed by atoms with Gasteiger partial charge in [-0.25, -0.2) is 0 Å². The van der Waals surface area contributed by atoms with E-state index in [4.69, 9.17) is 0 Å². The molecule has 0 unspecified atom stereocenters. The topological polar surface area (TPSA) is 32.3 Å². The maximum absolute atomic E-state index is 11.5.